The molecule has 188 valence electrons. The van der Waals surface area contributed by atoms with Gasteiger partial charge in [0.05, 0.1) is 65.4 Å². The number of allylic oxidation sites excluding steroid dienone is 1. The first-order valence-electron chi connectivity index (χ1n) is 10.9. The Morgan fingerprint density at radius 2 is 1.97 bits per heavy atom. The van der Waals surface area contributed by atoms with Crippen molar-refractivity contribution < 1.29 is 23.8 Å². The van der Waals surface area contributed by atoms with Crippen molar-refractivity contribution in [2.75, 3.05) is 26.9 Å². The van der Waals surface area contributed by atoms with Crippen LogP contribution in [-0.2, 0) is 36.8 Å². The summed E-state index contributed by atoms with van der Waals surface area (Å²) in [5.41, 5.74) is 8.37. The van der Waals surface area contributed by atoms with Gasteiger partial charge < -0.3 is 25.3 Å². The minimum Gasteiger partial charge on any atom is -0.466 e. The first kappa shape index (κ1) is 27.2. The number of nitrogens with zero attached hydrogens (tertiary/aromatic N) is 1. The molecule has 3 rings (SSSR count). The summed E-state index contributed by atoms with van der Waals surface area (Å²) in [5, 5.41) is 6.40. The molecule has 0 radical (unpaired) electrons. The van der Waals surface area contributed by atoms with Gasteiger partial charge in [-0.3, -0.25) is 0 Å². The molecule has 1 atom stereocenters. The van der Waals surface area contributed by atoms with Crippen LogP contribution in [0.25, 0.3) is 0 Å². The molecule has 1 aromatic heterocycles. The van der Waals surface area contributed by atoms with Crippen molar-refractivity contribution in [2.24, 2.45) is 5.73 Å². The van der Waals surface area contributed by atoms with E-state index in [1.165, 1.54) is 18.4 Å². The molecule has 2 aromatic rings. The van der Waals surface area contributed by atoms with E-state index in [4.69, 9.17) is 43.1 Å². The normalized spacial score (nSPS) is 15.8. The minimum absolute atomic E-state index is 0.0421. The maximum absolute atomic E-state index is 13.2. The first-order valence-corrected chi connectivity index (χ1v) is 12.6. The lowest BCUT2D eigenvalue weighted by atomic mass is 9.80. The number of carbonyl (C=O) groups excluding carboxylic acids is 2. The van der Waals surface area contributed by atoms with Crippen molar-refractivity contribution in [1.82, 2.24) is 10.3 Å². The molecule has 1 aliphatic heterocycles. The van der Waals surface area contributed by atoms with Crippen LogP contribution in [0.1, 0.15) is 36.0 Å². The molecule has 1 aromatic carbocycles. The molecule has 1 aliphatic rings. The van der Waals surface area contributed by atoms with Gasteiger partial charge in [-0.2, -0.15) is 0 Å². The molecule has 3 N–H and O–H groups in total. The van der Waals surface area contributed by atoms with Gasteiger partial charge in [-0.1, -0.05) is 35.3 Å². The van der Waals surface area contributed by atoms with Gasteiger partial charge in [0.2, 0.25) is 0 Å². The second kappa shape index (κ2) is 12.5. The van der Waals surface area contributed by atoms with Crippen LogP contribution in [0.3, 0.4) is 0 Å². The molecule has 0 saturated carbocycles. The van der Waals surface area contributed by atoms with Crippen LogP contribution in [-0.4, -0.2) is 43.8 Å². The summed E-state index contributed by atoms with van der Waals surface area (Å²) in [6.07, 6.45) is 0.693. The van der Waals surface area contributed by atoms with Gasteiger partial charge in [0, 0.05) is 17.5 Å². The van der Waals surface area contributed by atoms with Crippen LogP contribution in [0.15, 0.2) is 46.1 Å². The van der Waals surface area contributed by atoms with Crippen molar-refractivity contribution in [3.8, 4) is 0 Å². The van der Waals surface area contributed by atoms with Gasteiger partial charge in [0.15, 0.2) is 0 Å². The fourth-order valence-electron chi connectivity index (χ4n) is 3.81. The molecule has 0 bridgehead atoms. The predicted molar refractivity (Wildman–Crippen MR) is 135 cm³/mol. The monoisotopic (exact) mass is 539 g/mol. The highest BCUT2D eigenvalue weighted by Gasteiger charge is 2.40. The van der Waals surface area contributed by atoms with Crippen LogP contribution in [0.2, 0.25) is 10.0 Å². The Morgan fingerprint density at radius 3 is 2.66 bits per heavy atom. The summed E-state index contributed by atoms with van der Waals surface area (Å²) in [4.78, 5) is 30.5. The molecule has 0 fully saturated rings. The molecule has 35 heavy (non-hydrogen) atoms. The summed E-state index contributed by atoms with van der Waals surface area (Å²) < 4.78 is 16.3. The lowest BCUT2D eigenvalue weighted by molar-refractivity contribution is -0.139. The van der Waals surface area contributed by atoms with Crippen LogP contribution in [0.5, 0.6) is 0 Å². The maximum atomic E-state index is 13.2. The first-order chi connectivity index (χ1) is 16.8. The van der Waals surface area contributed by atoms with E-state index in [9.17, 15) is 9.59 Å². The van der Waals surface area contributed by atoms with E-state index in [1.54, 1.807) is 32.0 Å². The van der Waals surface area contributed by atoms with Gasteiger partial charge in [-0.25, -0.2) is 14.6 Å². The van der Waals surface area contributed by atoms with Crippen molar-refractivity contribution in [2.45, 2.75) is 32.8 Å². The number of rotatable bonds is 10. The molecule has 2 heterocycles. The van der Waals surface area contributed by atoms with Gasteiger partial charge in [-0.05, 0) is 32.0 Å². The van der Waals surface area contributed by atoms with Crippen molar-refractivity contribution in [3.05, 3.63) is 72.4 Å². The molecular weight excluding hydrogens is 513 g/mol. The van der Waals surface area contributed by atoms with Gasteiger partial charge in [0.1, 0.15) is 5.01 Å². The van der Waals surface area contributed by atoms with Crippen LogP contribution >= 0.6 is 34.5 Å². The van der Waals surface area contributed by atoms with E-state index in [2.05, 4.69) is 10.3 Å². The third kappa shape index (κ3) is 6.23. The highest BCUT2D eigenvalue weighted by molar-refractivity contribution is 7.09. The SMILES string of the molecule is CCOC(=O)C1=C(COCc2nc(CCN)cs2)NC(C)=C(C(=O)OC)C1c1cccc(Cl)c1Cl. The van der Waals surface area contributed by atoms with Gasteiger partial charge in [0.25, 0.3) is 0 Å². The second-order valence-corrected chi connectivity index (χ2v) is 9.34. The number of benzene rings is 1. The molecule has 11 heteroatoms. The topological polar surface area (TPSA) is 113 Å². The summed E-state index contributed by atoms with van der Waals surface area (Å²) >= 11 is 14.3. The number of aromatic nitrogens is 1. The predicted octanol–water partition coefficient (Wildman–Crippen LogP) is 4.12. The Kier molecular flexibility index (Phi) is 9.71. The van der Waals surface area contributed by atoms with E-state index in [0.717, 1.165) is 10.7 Å². The van der Waals surface area contributed by atoms with E-state index in [-0.39, 0.29) is 36.0 Å². The van der Waals surface area contributed by atoms with Gasteiger partial charge in [-0.15, -0.1) is 11.3 Å². The van der Waals surface area contributed by atoms with Crippen LogP contribution < -0.4 is 11.1 Å². The Bertz CT molecular complexity index is 1160. The largest absolute Gasteiger partial charge is 0.466 e. The minimum atomic E-state index is -0.872. The maximum Gasteiger partial charge on any atom is 0.336 e. The second-order valence-electron chi connectivity index (χ2n) is 7.61. The fraction of sp³-hybridized carbons (Fsp3) is 0.375. The van der Waals surface area contributed by atoms with Crippen molar-refractivity contribution in [3.63, 3.8) is 0 Å². The number of ether oxygens (including phenoxy) is 3. The summed E-state index contributed by atoms with van der Waals surface area (Å²) in [6.45, 7) is 4.37. The van der Waals surface area contributed by atoms with Crippen LogP contribution in [0.4, 0.5) is 0 Å². The number of halogens is 2. The molecule has 0 saturated heterocycles. The summed E-state index contributed by atoms with van der Waals surface area (Å²) in [7, 11) is 1.28. The Balaban J connectivity index is 2.03. The summed E-state index contributed by atoms with van der Waals surface area (Å²) in [5.74, 6) is -2.08. The molecule has 0 spiro atoms. The Hall–Kier alpha value is -2.43. The third-order valence-electron chi connectivity index (χ3n) is 5.31. The lowest BCUT2D eigenvalue weighted by Gasteiger charge is -2.31. The number of nitrogens with two attached hydrogens (primary N) is 1. The van der Waals surface area contributed by atoms with E-state index >= 15 is 0 Å². The van der Waals surface area contributed by atoms with E-state index in [0.29, 0.717) is 34.9 Å². The summed E-state index contributed by atoms with van der Waals surface area (Å²) in [6, 6.07) is 5.05. The number of thiazole rings is 1. The molecule has 1 unspecified atom stereocenters. The number of esters is 2. The van der Waals surface area contributed by atoms with Crippen molar-refractivity contribution in [1.29, 1.82) is 0 Å². The molecule has 8 nitrogen and oxygen atoms in total. The zero-order valence-electron chi connectivity index (χ0n) is 19.7. The number of hydrogen-bond acceptors (Lipinski definition) is 9. The molecule has 0 amide bonds. The van der Waals surface area contributed by atoms with Crippen LogP contribution in [0, 0.1) is 0 Å². The highest BCUT2D eigenvalue weighted by atomic mass is 35.5. The lowest BCUT2D eigenvalue weighted by Crippen LogP contribution is -2.34. The van der Waals surface area contributed by atoms with Gasteiger partial charge >= 0.3 is 11.9 Å². The third-order valence-corrected chi connectivity index (χ3v) is 7.01. The average molecular weight is 540 g/mol. The zero-order chi connectivity index (χ0) is 25.5. The number of methoxy groups -OCH3 is 1. The smallest absolute Gasteiger partial charge is 0.336 e. The molecule has 0 aliphatic carbocycles. The van der Waals surface area contributed by atoms with Crippen molar-refractivity contribution >= 4 is 46.5 Å². The number of hydrogen-bond donors (Lipinski definition) is 2. The van der Waals surface area contributed by atoms with E-state index < -0.39 is 17.9 Å². The zero-order valence-corrected chi connectivity index (χ0v) is 22.0. The Labute approximate surface area is 218 Å². The highest BCUT2D eigenvalue weighted by Crippen LogP contribution is 2.43. The standard InChI is InChI=1S/C24H27Cl2N3O5S/c1-4-34-24(31)21-17(10-33-11-18-29-14(8-9-27)12-35-18)28-13(2)19(23(30)32-3)20(21)15-6-5-7-16(25)22(15)26/h5-7,12,20,28H,4,8-11,27H2,1-3H3. The van der Waals surface area contributed by atoms with E-state index in [1.807, 2.05) is 5.38 Å². The average Bonchev–Trinajstić information content (AvgIpc) is 3.27. The number of carbonyl (C=O) groups is 2. The fourth-order valence-corrected chi connectivity index (χ4v) is 4.99. The molecular formula is C24H27Cl2N3O5S. The number of dihydropyridines is 1. The Morgan fingerprint density at radius 1 is 1.20 bits per heavy atom. The quantitative estimate of drug-likeness (QED) is 0.433. The number of nitrogens with one attached hydrogen (secondary N) is 1.